The molecule has 0 aliphatic heterocycles. The lowest BCUT2D eigenvalue weighted by molar-refractivity contribution is 0.0697. The van der Waals surface area contributed by atoms with Crippen LogP contribution in [0.2, 0.25) is 0 Å². The standard InChI is InChI=1S/C13H9N3O4S/c17-11-12(18)16(4-8-5-21-6-14-8)10-2-1-7(13(19)20)3-9(10)15-11/h1-3,5-6H,4H2,(H,15,17)(H,19,20). The zero-order chi connectivity index (χ0) is 15.0. The zero-order valence-electron chi connectivity index (χ0n) is 10.6. The first-order valence-corrected chi connectivity index (χ1v) is 6.88. The van der Waals surface area contributed by atoms with Crippen LogP contribution < -0.4 is 11.1 Å². The van der Waals surface area contributed by atoms with Crippen molar-refractivity contribution in [1.82, 2.24) is 14.5 Å². The fourth-order valence-electron chi connectivity index (χ4n) is 2.05. The van der Waals surface area contributed by atoms with Crippen LogP contribution in [0.5, 0.6) is 0 Å². The molecule has 2 aromatic heterocycles. The van der Waals surface area contributed by atoms with Crippen LogP contribution in [0.25, 0.3) is 11.0 Å². The molecule has 0 radical (unpaired) electrons. The third kappa shape index (κ3) is 2.36. The number of rotatable bonds is 3. The summed E-state index contributed by atoms with van der Waals surface area (Å²) in [4.78, 5) is 41.2. The minimum absolute atomic E-state index is 0.0389. The summed E-state index contributed by atoms with van der Waals surface area (Å²) in [7, 11) is 0. The third-order valence-electron chi connectivity index (χ3n) is 3.03. The van der Waals surface area contributed by atoms with Crippen molar-refractivity contribution >= 4 is 28.3 Å². The Morgan fingerprint density at radius 3 is 2.86 bits per heavy atom. The Balaban J connectivity index is 2.26. The van der Waals surface area contributed by atoms with Gasteiger partial charge in [0, 0.05) is 5.38 Å². The number of aromatic carboxylic acids is 1. The van der Waals surface area contributed by atoms with Crippen LogP contribution in [0.1, 0.15) is 16.1 Å². The molecule has 2 heterocycles. The number of nitrogens with one attached hydrogen (secondary N) is 1. The first-order valence-electron chi connectivity index (χ1n) is 5.93. The summed E-state index contributed by atoms with van der Waals surface area (Å²) in [6.07, 6.45) is 0. The van der Waals surface area contributed by atoms with Crippen LogP contribution in [0, 0.1) is 0 Å². The molecular formula is C13H9N3O4S. The van der Waals surface area contributed by atoms with Gasteiger partial charge >= 0.3 is 17.1 Å². The van der Waals surface area contributed by atoms with Gasteiger partial charge in [0.25, 0.3) is 0 Å². The van der Waals surface area contributed by atoms with E-state index in [-0.39, 0.29) is 12.1 Å². The maximum atomic E-state index is 12.0. The van der Waals surface area contributed by atoms with E-state index in [0.717, 1.165) is 0 Å². The van der Waals surface area contributed by atoms with Gasteiger partial charge in [0.05, 0.1) is 34.3 Å². The molecule has 1 aromatic carbocycles. The highest BCUT2D eigenvalue weighted by atomic mass is 32.1. The molecule has 0 bridgehead atoms. The SMILES string of the molecule is O=C(O)c1ccc2c(c1)[nH]c(=O)c(=O)n2Cc1cscn1. The van der Waals surface area contributed by atoms with Gasteiger partial charge in [-0.3, -0.25) is 14.2 Å². The Hall–Kier alpha value is -2.74. The topological polar surface area (TPSA) is 105 Å². The van der Waals surface area contributed by atoms with Crippen molar-refractivity contribution in [1.29, 1.82) is 0 Å². The number of hydrogen-bond acceptors (Lipinski definition) is 5. The molecule has 3 rings (SSSR count). The maximum absolute atomic E-state index is 12.0. The van der Waals surface area contributed by atoms with E-state index >= 15 is 0 Å². The normalized spacial score (nSPS) is 10.9. The second-order valence-corrected chi connectivity index (χ2v) is 5.08. The summed E-state index contributed by atoms with van der Waals surface area (Å²) >= 11 is 1.39. The molecule has 0 amide bonds. The lowest BCUT2D eigenvalue weighted by Gasteiger charge is -2.08. The van der Waals surface area contributed by atoms with Crippen LogP contribution in [0.3, 0.4) is 0 Å². The number of nitrogens with zero attached hydrogens (tertiary/aromatic N) is 2. The predicted octanol–water partition coefficient (Wildman–Crippen LogP) is 0.893. The number of aromatic amines is 1. The van der Waals surface area contributed by atoms with Crippen LogP contribution >= 0.6 is 11.3 Å². The number of carboxylic acids is 1. The van der Waals surface area contributed by atoms with Crippen molar-refractivity contribution in [3.63, 3.8) is 0 Å². The number of aromatic nitrogens is 3. The molecule has 0 saturated carbocycles. The lowest BCUT2D eigenvalue weighted by atomic mass is 10.2. The highest BCUT2D eigenvalue weighted by Gasteiger charge is 2.11. The van der Waals surface area contributed by atoms with Gasteiger partial charge in [-0.25, -0.2) is 9.78 Å². The first-order chi connectivity index (χ1) is 10.1. The number of thiazole rings is 1. The fraction of sp³-hybridized carbons (Fsp3) is 0.0769. The average molecular weight is 303 g/mol. The predicted molar refractivity (Wildman–Crippen MR) is 77.0 cm³/mol. The third-order valence-corrected chi connectivity index (χ3v) is 3.66. The molecule has 0 unspecified atom stereocenters. The van der Waals surface area contributed by atoms with Crippen LogP contribution in [-0.2, 0) is 6.54 Å². The van der Waals surface area contributed by atoms with Gasteiger partial charge in [-0.05, 0) is 18.2 Å². The van der Waals surface area contributed by atoms with E-state index in [1.807, 2.05) is 0 Å². The van der Waals surface area contributed by atoms with Gasteiger partial charge in [0.2, 0.25) is 0 Å². The van der Waals surface area contributed by atoms with Gasteiger partial charge in [-0.1, -0.05) is 0 Å². The molecular weight excluding hydrogens is 294 g/mol. The summed E-state index contributed by atoms with van der Waals surface area (Å²) in [5.74, 6) is -1.10. The van der Waals surface area contributed by atoms with Crippen molar-refractivity contribution in [2.75, 3.05) is 0 Å². The average Bonchev–Trinajstić information content (AvgIpc) is 2.96. The molecule has 3 aromatic rings. The second kappa shape index (κ2) is 4.98. The largest absolute Gasteiger partial charge is 0.478 e. The fourth-order valence-corrected chi connectivity index (χ4v) is 2.60. The molecule has 7 nitrogen and oxygen atoms in total. The number of hydrogen-bond donors (Lipinski definition) is 2. The van der Waals surface area contributed by atoms with Gasteiger partial charge in [-0.2, -0.15) is 0 Å². The van der Waals surface area contributed by atoms with Gasteiger partial charge in [0.1, 0.15) is 0 Å². The highest BCUT2D eigenvalue weighted by Crippen LogP contribution is 2.13. The molecule has 0 fully saturated rings. The molecule has 2 N–H and O–H groups in total. The summed E-state index contributed by atoms with van der Waals surface area (Å²) in [6, 6.07) is 4.22. The smallest absolute Gasteiger partial charge is 0.335 e. The first kappa shape index (κ1) is 13.3. The molecule has 8 heteroatoms. The molecule has 0 aliphatic rings. The van der Waals surface area contributed by atoms with Gasteiger partial charge < -0.3 is 10.1 Å². The minimum atomic E-state index is -1.10. The molecule has 0 spiro atoms. The summed E-state index contributed by atoms with van der Waals surface area (Å²) in [5, 5.41) is 10.8. The van der Waals surface area contributed by atoms with E-state index in [9.17, 15) is 14.4 Å². The quantitative estimate of drug-likeness (QED) is 0.699. The van der Waals surface area contributed by atoms with E-state index in [4.69, 9.17) is 5.11 Å². The zero-order valence-corrected chi connectivity index (χ0v) is 11.4. The maximum Gasteiger partial charge on any atom is 0.335 e. The Bertz CT molecular complexity index is 940. The van der Waals surface area contributed by atoms with E-state index in [0.29, 0.717) is 16.7 Å². The summed E-state index contributed by atoms with van der Waals surface area (Å²) < 4.78 is 1.29. The number of benzene rings is 1. The monoisotopic (exact) mass is 303 g/mol. The Labute approximate surface area is 121 Å². The van der Waals surface area contributed by atoms with Crippen LogP contribution in [0.15, 0.2) is 38.7 Å². The van der Waals surface area contributed by atoms with E-state index in [2.05, 4.69) is 9.97 Å². The van der Waals surface area contributed by atoms with Gasteiger partial charge in [-0.15, -0.1) is 11.3 Å². The Kier molecular flexibility index (Phi) is 3.15. The lowest BCUT2D eigenvalue weighted by Crippen LogP contribution is -2.36. The Morgan fingerprint density at radius 1 is 1.38 bits per heavy atom. The number of fused-ring (bicyclic) bond motifs is 1. The highest BCUT2D eigenvalue weighted by molar-refractivity contribution is 7.07. The van der Waals surface area contributed by atoms with Crippen LogP contribution in [-0.4, -0.2) is 25.6 Å². The van der Waals surface area contributed by atoms with Gasteiger partial charge in [0.15, 0.2) is 0 Å². The van der Waals surface area contributed by atoms with E-state index < -0.39 is 17.1 Å². The van der Waals surface area contributed by atoms with E-state index in [1.54, 1.807) is 10.9 Å². The molecule has 106 valence electrons. The van der Waals surface area contributed by atoms with Crippen molar-refractivity contribution in [3.8, 4) is 0 Å². The van der Waals surface area contributed by atoms with Crippen molar-refractivity contribution < 1.29 is 9.90 Å². The second-order valence-electron chi connectivity index (χ2n) is 4.36. The number of carboxylic acid groups (broad SMARTS) is 1. The molecule has 0 saturated heterocycles. The molecule has 0 atom stereocenters. The summed E-state index contributed by atoms with van der Waals surface area (Å²) in [6.45, 7) is 0.162. The van der Waals surface area contributed by atoms with Crippen molar-refractivity contribution in [2.24, 2.45) is 0 Å². The molecule has 21 heavy (non-hydrogen) atoms. The van der Waals surface area contributed by atoms with Crippen LogP contribution in [0.4, 0.5) is 0 Å². The number of carbonyl (C=O) groups is 1. The van der Waals surface area contributed by atoms with Crippen molar-refractivity contribution in [2.45, 2.75) is 6.54 Å². The number of H-pyrrole nitrogens is 1. The summed E-state index contributed by atoms with van der Waals surface area (Å²) in [5.41, 5.74) is 1.61. The van der Waals surface area contributed by atoms with Crippen molar-refractivity contribution in [3.05, 3.63) is 61.1 Å². The molecule has 0 aliphatic carbocycles. The minimum Gasteiger partial charge on any atom is -0.478 e. The van der Waals surface area contributed by atoms with E-state index in [1.165, 1.54) is 34.1 Å². The Morgan fingerprint density at radius 2 is 2.19 bits per heavy atom.